The second kappa shape index (κ2) is 15.1. The van der Waals surface area contributed by atoms with Crippen molar-refractivity contribution in [2.75, 3.05) is 0 Å². The van der Waals surface area contributed by atoms with Crippen LogP contribution in [0.25, 0.3) is 0 Å². The smallest absolute Gasteiger partial charge is 0.0902 e. The van der Waals surface area contributed by atoms with E-state index in [1.54, 1.807) is 25.8 Å². The van der Waals surface area contributed by atoms with Gasteiger partial charge in [-0.2, -0.15) is 0 Å². The molecule has 0 saturated heterocycles. The molecule has 0 fully saturated rings. The van der Waals surface area contributed by atoms with Gasteiger partial charge in [0.05, 0.1) is 12.5 Å². The topological polar surface area (TPSA) is 13.1 Å². The van der Waals surface area contributed by atoms with Crippen LogP contribution in [0, 0.1) is 0 Å². The van der Waals surface area contributed by atoms with Crippen molar-refractivity contribution < 1.29 is 4.42 Å². The molecule has 0 aromatic carbocycles. The fraction of sp³-hybridized carbons (Fsp3) is 0.750. The number of unbranched alkanes of at least 4 members (excludes halogenated alkanes) is 3. The minimum absolute atomic E-state index is 0.839. The Morgan fingerprint density at radius 1 is 0.722 bits per heavy atom. The average molecular weight is 241 g/mol. The Morgan fingerprint density at radius 3 is 1.33 bits per heavy atom. The van der Waals surface area contributed by atoms with Crippen molar-refractivity contribution in [1.82, 2.24) is 0 Å². The van der Waals surface area contributed by atoms with Crippen LogP contribution in [0.15, 0.2) is 29.1 Å². The van der Waals surface area contributed by atoms with Gasteiger partial charge in [0.2, 0.25) is 0 Å². The fourth-order valence-corrected chi connectivity index (χ4v) is 11.3. The van der Waals surface area contributed by atoms with E-state index in [-0.39, 0.29) is 0 Å². The Bertz CT molecular complexity index is 185. The van der Waals surface area contributed by atoms with Gasteiger partial charge in [-0.1, -0.05) is 0 Å². The summed E-state index contributed by atoms with van der Waals surface area (Å²) in [7, 11) is 0. The van der Waals surface area contributed by atoms with Crippen LogP contribution in [-0.4, -0.2) is 19.8 Å². The van der Waals surface area contributed by atoms with Gasteiger partial charge in [-0.15, -0.1) is 0 Å². The first-order chi connectivity index (χ1) is 8.85. The predicted molar refractivity (Wildman–Crippen MR) is 83.6 cm³/mol. The van der Waals surface area contributed by atoms with Crippen LogP contribution in [0.5, 0.6) is 0 Å². The van der Waals surface area contributed by atoms with Gasteiger partial charge >= 0.3 is 92.4 Å². The van der Waals surface area contributed by atoms with Gasteiger partial charge in [0.1, 0.15) is 0 Å². The van der Waals surface area contributed by atoms with Crippen LogP contribution >= 0.6 is 0 Å². The third-order valence-electron chi connectivity index (χ3n) is 3.08. The van der Waals surface area contributed by atoms with Gasteiger partial charge < -0.3 is 4.42 Å². The first-order valence-electron chi connectivity index (χ1n) is 7.65. The molecule has 0 unspecified atom stereocenters. The molecule has 1 aromatic heterocycles. The van der Waals surface area contributed by atoms with Crippen molar-refractivity contribution in [2.24, 2.45) is 0 Å². The van der Waals surface area contributed by atoms with Crippen molar-refractivity contribution in [2.45, 2.75) is 72.6 Å². The van der Waals surface area contributed by atoms with Crippen LogP contribution < -0.4 is 0 Å². The molecule has 0 aliphatic heterocycles. The summed E-state index contributed by atoms with van der Waals surface area (Å²) in [6, 6.07) is 3.67. The largest absolute Gasteiger partial charge is 0.473 e. The molecule has 105 valence electrons. The Kier molecular flexibility index (Phi) is 15.2. The molecule has 1 rings (SSSR count). The summed E-state index contributed by atoms with van der Waals surface area (Å²) < 4.78 is 9.62. The maximum atomic E-state index is 4.58. The van der Waals surface area contributed by atoms with Gasteiger partial charge in [-0.05, 0) is 12.1 Å². The van der Waals surface area contributed by atoms with Crippen LogP contribution in [0.1, 0.15) is 59.3 Å². The fourth-order valence-electron chi connectivity index (χ4n) is 1.88. The summed E-state index contributed by atoms with van der Waals surface area (Å²) in [5.74, 6) is 0. The molecule has 1 nitrogen and oxygen atoms in total. The van der Waals surface area contributed by atoms with E-state index < -0.39 is 19.8 Å². The van der Waals surface area contributed by atoms with E-state index >= 15 is 0 Å². The first kappa shape index (κ1) is 18.1. The molecule has 0 spiro atoms. The quantitative estimate of drug-likeness (QED) is 0.472. The summed E-state index contributed by atoms with van der Waals surface area (Å²) in [6.45, 7) is 7.00. The minimum Gasteiger partial charge on any atom is -0.473 e. The maximum absolute atomic E-state index is 4.58. The van der Waals surface area contributed by atoms with E-state index in [1.165, 1.54) is 38.5 Å². The number of hydrogen-bond donors (Lipinski definition) is 0. The molecule has 1 aromatic rings. The molecule has 0 aliphatic rings. The molecule has 0 amide bonds. The second-order valence-corrected chi connectivity index (χ2v) is 13.4. The monoisotopic (exact) mass is 241 g/mol. The van der Waals surface area contributed by atoms with E-state index in [4.69, 9.17) is 0 Å². The normalized spacial score (nSPS) is 10.2. The minimum atomic E-state index is -0.839. The molecular formula is C16H31OSn. The second-order valence-electron chi connectivity index (χ2n) is 4.85. The Labute approximate surface area is 121 Å². The average Bonchev–Trinajstić information content (AvgIpc) is 2.97. The van der Waals surface area contributed by atoms with Gasteiger partial charge in [0, 0.05) is 0 Å². The molecule has 0 aliphatic carbocycles. The molecule has 2 heteroatoms. The van der Waals surface area contributed by atoms with Crippen molar-refractivity contribution in [3.05, 3.63) is 24.7 Å². The maximum Gasteiger partial charge on any atom is 0.0902 e. The SMILES string of the molecule is CCC[CH2][2Sn]([CH2]CCC)[CH2]CCC.c1ccoc1. The molecule has 0 bridgehead atoms. The molecule has 18 heavy (non-hydrogen) atoms. The summed E-state index contributed by atoms with van der Waals surface area (Å²) in [5, 5.41) is 0. The molecule has 1 heterocycles. The first-order valence-corrected chi connectivity index (χ1v) is 13.7. The zero-order chi connectivity index (χ0) is 13.5. The van der Waals surface area contributed by atoms with Gasteiger partial charge in [0.25, 0.3) is 0 Å². The standard InChI is InChI=1S/C4H4O.3C4H9.Sn/c1-2-4-5-3-1;3*1-3-4-2;/h1-4H;3*1,3-4H2,2H3;/i;;;;1+36. The van der Waals surface area contributed by atoms with E-state index in [9.17, 15) is 0 Å². The third-order valence-corrected chi connectivity index (χ3v) is 12.2. The molecule has 1 radical (unpaired) electrons. The van der Waals surface area contributed by atoms with Crippen molar-refractivity contribution in [3.8, 4) is 0 Å². The molecule has 0 atom stereocenters. The molecule has 0 saturated carbocycles. The Hall–Kier alpha value is 0.0787. The van der Waals surface area contributed by atoms with E-state index in [2.05, 4.69) is 25.2 Å². The van der Waals surface area contributed by atoms with E-state index in [1.807, 2.05) is 12.1 Å². The van der Waals surface area contributed by atoms with E-state index in [0.29, 0.717) is 0 Å². The summed E-state index contributed by atoms with van der Waals surface area (Å²) in [6.07, 6.45) is 12.1. The van der Waals surface area contributed by atoms with Crippen LogP contribution in [0.4, 0.5) is 0 Å². The Balaban J connectivity index is 0.000000473. The van der Waals surface area contributed by atoms with Crippen molar-refractivity contribution >= 4 is 19.8 Å². The summed E-state index contributed by atoms with van der Waals surface area (Å²) >= 11 is -0.839. The Morgan fingerprint density at radius 2 is 1.11 bits per heavy atom. The predicted octanol–water partition coefficient (Wildman–Crippen LogP) is 6.16. The van der Waals surface area contributed by atoms with Crippen molar-refractivity contribution in [3.63, 3.8) is 0 Å². The van der Waals surface area contributed by atoms with Crippen LogP contribution in [0.2, 0.25) is 13.3 Å². The summed E-state index contributed by atoms with van der Waals surface area (Å²) in [4.78, 5) is 0. The third kappa shape index (κ3) is 12.5. The molecular weight excluding hydrogens is 210 g/mol. The van der Waals surface area contributed by atoms with E-state index in [0.717, 1.165) is 0 Å². The number of rotatable bonds is 9. The van der Waals surface area contributed by atoms with Gasteiger partial charge in [0.15, 0.2) is 0 Å². The summed E-state index contributed by atoms with van der Waals surface area (Å²) in [5.41, 5.74) is 0. The van der Waals surface area contributed by atoms with Crippen molar-refractivity contribution in [1.29, 1.82) is 0 Å². The van der Waals surface area contributed by atoms with Crippen LogP contribution in [-0.2, 0) is 0 Å². The van der Waals surface area contributed by atoms with Gasteiger partial charge in [-0.3, -0.25) is 0 Å². The molecule has 0 N–H and O–H groups in total. The zero-order valence-electron chi connectivity index (χ0n) is 12.6. The zero-order valence-corrected chi connectivity index (χ0v) is 15.4. The van der Waals surface area contributed by atoms with Crippen LogP contribution in [0.3, 0.4) is 0 Å². The number of furan rings is 1. The number of hydrogen-bond acceptors (Lipinski definition) is 1. The van der Waals surface area contributed by atoms with Gasteiger partial charge in [-0.25, -0.2) is 0 Å².